The summed E-state index contributed by atoms with van der Waals surface area (Å²) in [6.45, 7) is 2.55. The van der Waals surface area contributed by atoms with Crippen molar-refractivity contribution in [3.05, 3.63) is 24.2 Å². The molecular formula is C19H28N2O4. The molecule has 0 unspecified atom stereocenters. The molecule has 2 N–H and O–H groups in total. The zero-order chi connectivity index (χ0) is 17.1. The molecule has 25 heavy (non-hydrogen) atoms. The number of hydrogen-bond acceptors (Lipinski definition) is 4. The number of carbonyl (C=O) groups is 1. The standard InChI is InChI=1S/C19H28N2O4/c22-18(20-9-4-10-23-13-14-5-3-11-24-14)21-16-15-6-12-25-17(15)19(16)7-1-2-8-19/h3,5,11,15-17H,1-2,4,6-10,12-13H2,(H2,20,21,22)/t15-,16-,17+/m1/s1. The van der Waals surface area contributed by atoms with E-state index in [-0.39, 0.29) is 17.5 Å². The Morgan fingerprint density at radius 2 is 2.24 bits per heavy atom. The number of rotatable bonds is 7. The fraction of sp³-hybridized carbons (Fsp3) is 0.737. The summed E-state index contributed by atoms with van der Waals surface area (Å²) in [5.74, 6) is 1.34. The molecule has 1 saturated heterocycles. The van der Waals surface area contributed by atoms with Crippen molar-refractivity contribution in [3.8, 4) is 0 Å². The maximum atomic E-state index is 12.3. The monoisotopic (exact) mass is 348 g/mol. The molecule has 6 heteroatoms. The van der Waals surface area contributed by atoms with Gasteiger partial charge in [-0.3, -0.25) is 0 Å². The first-order valence-corrected chi connectivity index (χ1v) is 9.56. The van der Waals surface area contributed by atoms with E-state index in [1.165, 1.54) is 25.7 Å². The second kappa shape index (κ2) is 7.38. The molecule has 2 saturated carbocycles. The summed E-state index contributed by atoms with van der Waals surface area (Å²) in [6, 6.07) is 3.98. The summed E-state index contributed by atoms with van der Waals surface area (Å²) in [7, 11) is 0. The zero-order valence-electron chi connectivity index (χ0n) is 14.7. The number of nitrogens with one attached hydrogen (secondary N) is 2. The molecule has 2 amide bonds. The number of amides is 2. The van der Waals surface area contributed by atoms with Crippen molar-refractivity contribution in [1.29, 1.82) is 0 Å². The Kier molecular flexibility index (Phi) is 4.99. The number of fused-ring (bicyclic) bond motifs is 2. The third kappa shape index (κ3) is 3.29. The summed E-state index contributed by atoms with van der Waals surface area (Å²) in [6.07, 6.45) is 8.81. The van der Waals surface area contributed by atoms with Crippen LogP contribution in [0.2, 0.25) is 0 Å². The van der Waals surface area contributed by atoms with E-state index in [4.69, 9.17) is 13.9 Å². The van der Waals surface area contributed by atoms with Crippen molar-refractivity contribution in [2.45, 2.75) is 57.3 Å². The molecule has 0 bridgehead atoms. The maximum absolute atomic E-state index is 12.3. The van der Waals surface area contributed by atoms with Crippen molar-refractivity contribution in [2.75, 3.05) is 19.8 Å². The van der Waals surface area contributed by atoms with Gasteiger partial charge < -0.3 is 24.5 Å². The van der Waals surface area contributed by atoms with Crippen LogP contribution in [-0.2, 0) is 16.1 Å². The Morgan fingerprint density at radius 1 is 1.36 bits per heavy atom. The molecular weight excluding hydrogens is 320 g/mol. The molecule has 3 fully saturated rings. The summed E-state index contributed by atoms with van der Waals surface area (Å²) >= 11 is 0. The highest BCUT2D eigenvalue weighted by Gasteiger charge is 2.65. The Bertz CT molecular complexity index is 568. The minimum absolute atomic E-state index is 0.0485. The second-order valence-corrected chi connectivity index (χ2v) is 7.55. The molecule has 0 aromatic carbocycles. The van der Waals surface area contributed by atoms with E-state index in [1.54, 1.807) is 6.26 Å². The van der Waals surface area contributed by atoms with Crippen LogP contribution in [0.1, 0.15) is 44.3 Å². The van der Waals surface area contributed by atoms with E-state index in [0.717, 1.165) is 25.2 Å². The Morgan fingerprint density at radius 3 is 3.04 bits per heavy atom. The predicted molar refractivity (Wildman–Crippen MR) is 92.1 cm³/mol. The van der Waals surface area contributed by atoms with Crippen LogP contribution in [0.25, 0.3) is 0 Å². The van der Waals surface area contributed by atoms with Gasteiger partial charge in [0.25, 0.3) is 0 Å². The molecule has 4 rings (SSSR count). The van der Waals surface area contributed by atoms with Gasteiger partial charge in [0.2, 0.25) is 0 Å². The smallest absolute Gasteiger partial charge is 0.315 e. The molecule has 1 aliphatic heterocycles. The fourth-order valence-electron chi connectivity index (χ4n) is 5.04. The highest BCUT2D eigenvalue weighted by Crippen LogP contribution is 2.60. The van der Waals surface area contributed by atoms with Crippen LogP contribution in [0, 0.1) is 11.3 Å². The highest BCUT2D eigenvalue weighted by atomic mass is 16.5. The van der Waals surface area contributed by atoms with Crippen LogP contribution in [0.4, 0.5) is 4.79 Å². The topological polar surface area (TPSA) is 72.7 Å². The van der Waals surface area contributed by atoms with Crippen LogP contribution in [0.15, 0.2) is 22.8 Å². The quantitative estimate of drug-likeness (QED) is 0.743. The van der Waals surface area contributed by atoms with Crippen molar-refractivity contribution >= 4 is 6.03 Å². The van der Waals surface area contributed by atoms with Gasteiger partial charge in [-0.2, -0.15) is 0 Å². The first-order valence-electron chi connectivity index (χ1n) is 9.56. The minimum Gasteiger partial charge on any atom is -0.467 e. The third-order valence-corrected chi connectivity index (χ3v) is 6.15. The number of carbonyl (C=O) groups excluding carboxylic acids is 1. The number of urea groups is 1. The summed E-state index contributed by atoms with van der Waals surface area (Å²) in [5, 5.41) is 6.22. The molecule has 138 valence electrons. The lowest BCUT2D eigenvalue weighted by molar-refractivity contribution is -0.126. The lowest BCUT2D eigenvalue weighted by Gasteiger charge is -2.56. The van der Waals surface area contributed by atoms with Crippen LogP contribution < -0.4 is 10.6 Å². The van der Waals surface area contributed by atoms with Gasteiger partial charge in [0.05, 0.1) is 12.4 Å². The molecule has 6 nitrogen and oxygen atoms in total. The van der Waals surface area contributed by atoms with Gasteiger partial charge >= 0.3 is 6.03 Å². The van der Waals surface area contributed by atoms with E-state index >= 15 is 0 Å². The third-order valence-electron chi connectivity index (χ3n) is 6.15. The number of ether oxygens (including phenoxy) is 2. The van der Waals surface area contributed by atoms with Crippen LogP contribution >= 0.6 is 0 Å². The first kappa shape index (κ1) is 16.9. The van der Waals surface area contributed by atoms with Gasteiger partial charge in [-0.1, -0.05) is 12.8 Å². The van der Waals surface area contributed by atoms with E-state index in [9.17, 15) is 4.79 Å². The molecule has 0 radical (unpaired) electrons. The lowest BCUT2D eigenvalue weighted by atomic mass is 9.54. The van der Waals surface area contributed by atoms with E-state index in [1.807, 2.05) is 12.1 Å². The molecule has 1 aromatic rings. The Hall–Kier alpha value is -1.53. The zero-order valence-corrected chi connectivity index (χ0v) is 14.7. The van der Waals surface area contributed by atoms with Crippen molar-refractivity contribution in [3.63, 3.8) is 0 Å². The average molecular weight is 348 g/mol. The predicted octanol–water partition coefficient (Wildman–Crippen LogP) is 2.83. The second-order valence-electron chi connectivity index (χ2n) is 7.55. The van der Waals surface area contributed by atoms with E-state index < -0.39 is 0 Å². The normalized spacial score (nSPS) is 29.4. The van der Waals surface area contributed by atoms with Crippen molar-refractivity contribution in [1.82, 2.24) is 10.6 Å². The van der Waals surface area contributed by atoms with Gasteiger partial charge in [-0.05, 0) is 37.8 Å². The van der Waals surface area contributed by atoms with Crippen LogP contribution in [0.3, 0.4) is 0 Å². The summed E-state index contributed by atoms with van der Waals surface area (Å²) in [5.41, 5.74) is 0.213. The van der Waals surface area contributed by atoms with Gasteiger partial charge in [0.15, 0.2) is 0 Å². The Balaban J connectivity index is 1.15. The van der Waals surface area contributed by atoms with Crippen LogP contribution in [-0.4, -0.2) is 37.9 Å². The molecule has 1 aromatic heterocycles. The molecule has 3 atom stereocenters. The SMILES string of the molecule is O=C(NCCCOCc1ccco1)N[C@@H]1[C@H]2CCO[C@@H]2C12CCCC2. The lowest BCUT2D eigenvalue weighted by Crippen LogP contribution is -2.69. The number of hydrogen-bond donors (Lipinski definition) is 2. The van der Waals surface area contributed by atoms with Crippen LogP contribution in [0.5, 0.6) is 0 Å². The average Bonchev–Trinajstić information content (AvgIpc) is 3.36. The molecule has 2 aliphatic carbocycles. The van der Waals surface area contributed by atoms with Gasteiger partial charge in [-0.15, -0.1) is 0 Å². The van der Waals surface area contributed by atoms with E-state index in [0.29, 0.717) is 31.8 Å². The summed E-state index contributed by atoms with van der Waals surface area (Å²) < 4.78 is 16.7. The fourth-order valence-corrected chi connectivity index (χ4v) is 5.04. The van der Waals surface area contributed by atoms with Crippen molar-refractivity contribution in [2.24, 2.45) is 11.3 Å². The summed E-state index contributed by atoms with van der Waals surface area (Å²) in [4.78, 5) is 12.3. The minimum atomic E-state index is -0.0485. The maximum Gasteiger partial charge on any atom is 0.315 e. The van der Waals surface area contributed by atoms with Gasteiger partial charge in [0, 0.05) is 37.1 Å². The highest BCUT2D eigenvalue weighted by molar-refractivity contribution is 5.74. The van der Waals surface area contributed by atoms with Gasteiger partial charge in [-0.25, -0.2) is 4.79 Å². The van der Waals surface area contributed by atoms with Crippen molar-refractivity contribution < 1.29 is 18.7 Å². The van der Waals surface area contributed by atoms with Gasteiger partial charge in [0.1, 0.15) is 12.4 Å². The number of furan rings is 1. The molecule has 3 aliphatic rings. The van der Waals surface area contributed by atoms with E-state index in [2.05, 4.69) is 10.6 Å². The molecule has 1 spiro atoms. The first-order chi connectivity index (χ1) is 12.3. The molecule has 2 heterocycles. The largest absolute Gasteiger partial charge is 0.467 e. The Labute approximate surface area is 148 Å².